The minimum atomic E-state index is -0.243. The number of nitrogens with zero attached hydrogens (tertiary/aromatic N) is 2. The third-order valence-corrected chi connectivity index (χ3v) is 5.20. The van der Waals surface area contributed by atoms with Crippen LogP contribution in [0.2, 0.25) is 0 Å². The molecular formula is C20H30FIN4O. The van der Waals surface area contributed by atoms with Gasteiger partial charge in [-0.15, -0.1) is 24.0 Å². The van der Waals surface area contributed by atoms with Gasteiger partial charge < -0.3 is 15.5 Å². The first-order chi connectivity index (χ1) is 12.7. The molecular weight excluding hydrogens is 458 g/mol. The third kappa shape index (κ3) is 6.33. The Balaban J connectivity index is 0.00000261. The molecule has 1 unspecified atom stereocenters. The predicted octanol–water partition coefficient (Wildman–Crippen LogP) is 3.29. The van der Waals surface area contributed by atoms with Crippen molar-refractivity contribution in [3.8, 4) is 0 Å². The fourth-order valence-corrected chi connectivity index (χ4v) is 3.83. The number of hydrogen-bond donors (Lipinski definition) is 2. The van der Waals surface area contributed by atoms with Gasteiger partial charge in [0, 0.05) is 31.6 Å². The number of amides is 1. The van der Waals surface area contributed by atoms with Gasteiger partial charge >= 0.3 is 0 Å². The Morgan fingerprint density at radius 2 is 2.07 bits per heavy atom. The highest BCUT2D eigenvalue weighted by molar-refractivity contribution is 14.0. The number of benzene rings is 1. The van der Waals surface area contributed by atoms with Crippen LogP contribution in [-0.4, -0.2) is 42.4 Å². The Hall–Kier alpha value is -1.38. The van der Waals surface area contributed by atoms with Crippen molar-refractivity contribution in [1.29, 1.82) is 0 Å². The van der Waals surface area contributed by atoms with E-state index in [1.807, 2.05) is 17.9 Å². The van der Waals surface area contributed by atoms with Gasteiger partial charge in [-0.1, -0.05) is 25.0 Å². The number of hydrogen-bond acceptors (Lipinski definition) is 2. The van der Waals surface area contributed by atoms with E-state index in [-0.39, 0.29) is 41.8 Å². The summed E-state index contributed by atoms with van der Waals surface area (Å²) in [7, 11) is 0. The number of aliphatic imine (C=N–C) groups is 1. The lowest BCUT2D eigenvalue weighted by Crippen LogP contribution is -2.45. The predicted molar refractivity (Wildman–Crippen MR) is 117 cm³/mol. The summed E-state index contributed by atoms with van der Waals surface area (Å²) in [4.78, 5) is 19.1. The Morgan fingerprint density at radius 3 is 2.78 bits per heavy atom. The van der Waals surface area contributed by atoms with Crippen molar-refractivity contribution >= 4 is 35.8 Å². The lowest BCUT2D eigenvalue weighted by atomic mass is 10.1. The van der Waals surface area contributed by atoms with Crippen molar-refractivity contribution in [2.45, 2.75) is 51.6 Å². The minimum absolute atomic E-state index is 0. The number of guanidine groups is 1. The molecule has 0 aromatic heterocycles. The zero-order chi connectivity index (χ0) is 18.4. The fraction of sp³-hybridized carbons (Fsp3) is 0.600. The van der Waals surface area contributed by atoms with Crippen molar-refractivity contribution in [3.63, 3.8) is 0 Å². The van der Waals surface area contributed by atoms with Crippen LogP contribution in [0.4, 0.5) is 4.39 Å². The smallest absolute Gasteiger partial charge is 0.225 e. The van der Waals surface area contributed by atoms with E-state index in [1.54, 1.807) is 6.07 Å². The molecule has 27 heavy (non-hydrogen) atoms. The molecule has 3 rings (SSSR count). The number of nitrogens with one attached hydrogen (secondary N) is 2. The van der Waals surface area contributed by atoms with Gasteiger partial charge in [-0.2, -0.15) is 0 Å². The summed E-state index contributed by atoms with van der Waals surface area (Å²) in [5.74, 6) is 1.04. The van der Waals surface area contributed by atoms with Crippen LogP contribution in [0.5, 0.6) is 0 Å². The maximum absolute atomic E-state index is 13.3. The summed E-state index contributed by atoms with van der Waals surface area (Å²) >= 11 is 0. The summed E-state index contributed by atoms with van der Waals surface area (Å²) in [5.41, 5.74) is 0.840. The average Bonchev–Trinajstić information content (AvgIpc) is 3.31. The molecule has 1 aliphatic carbocycles. The van der Waals surface area contributed by atoms with Gasteiger partial charge in [-0.25, -0.2) is 9.38 Å². The van der Waals surface area contributed by atoms with E-state index in [4.69, 9.17) is 0 Å². The summed E-state index contributed by atoms with van der Waals surface area (Å²) in [5, 5.41) is 6.66. The molecule has 0 spiro atoms. The first-order valence-electron chi connectivity index (χ1n) is 9.73. The van der Waals surface area contributed by atoms with E-state index in [9.17, 15) is 9.18 Å². The molecule has 0 bridgehead atoms. The molecule has 2 aliphatic rings. The standard InChI is InChI=1S/C20H29FN4O.HI/c1-2-22-20(23-13-15-6-5-9-17(21)12-15)24-18-10-11-25(14-18)19(26)16-7-3-4-8-16;/h5-6,9,12,16,18H,2-4,7-8,10-11,13-14H2,1H3,(H2,22,23,24);1H. The van der Waals surface area contributed by atoms with Gasteiger partial charge in [-0.05, 0) is 43.9 Å². The monoisotopic (exact) mass is 488 g/mol. The zero-order valence-electron chi connectivity index (χ0n) is 15.9. The maximum Gasteiger partial charge on any atom is 0.225 e. The van der Waals surface area contributed by atoms with Gasteiger partial charge in [0.2, 0.25) is 5.91 Å². The van der Waals surface area contributed by atoms with Gasteiger partial charge in [0.1, 0.15) is 5.82 Å². The SMILES string of the molecule is CCNC(=NCc1cccc(F)c1)NC1CCN(C(=O)C2CCCC2)C1.I. The molecule has 1 aromatic carbocycles. The average molecular weight is 488 g/mol. The molecule has 1 saturated carbocycles. The van der Waals surface area contributed by atoms with E-state index < -0.39 is 0 Å². The Morgan fingerprint density at radius 1 is 1.30 bits per heavy atom. The van der Waals surface area contributed by atoms with Crippen molar-refractivity contribution in [2.75, 3.05) is 19.6 Å². The zero-order valence-corrected chi connectivity index (χ0v) is 18.2. The quantitative estimate of drug-likeness (QED) is 0.380. The molecule has 2 fully saturated rings. The first kappa shape index (κ1) is 21.9. The highest BCUT2D eigenvalue weighted by atomic mass is 127. The van der Waals surface area contributed by atoms with Gasteiger partial charge in [0.15, 0.2) is 5.96 Å². The summed E-state index contributed by atoms with van der Waals surface area (Å²) in [6.45, 7) is 4.75. The Kier molecular flexibility index (Phi) is 8.79. The number of rotatable bonds is 5. The van der Waals surface area contributed by atoms with Crippen molar-refractivity contribution in [3.05, 3.63) is 35.6 Å². The van der Waals surface area contributed by atoms with Crippen LogP contribution >= 0.6 is 24.0 Å². The number of carbonyl (C=O) groups excluding carboxylic acids is 1. The van der Waals surface area contributed by atoms with Crippen LogP contribution in [0, 0.1) is 11.7 Å². The molecule has 150 valence electrons. The van der Waals surface area contributed by atoms with Crippen LogP contribution < -0.4 is 10.6 Å². The van der Waals surface area contributed by atoms with Crippen molar-refractivity contribution in [2.24, 2.45) is 10.9 Å². The lowest BCUT2D eigenvalue weighted by molar-refractivity contribution is -0.134. The highest BCUT2D eigenvalue weighted by Crippen LogP contribution is 2.27. The molecule has 2 N–H and O–H groups in total. The molecule has 7 heteroatoms. The second-order valence-electron chi connectivity index (χ2n) is 7.22. The normalized spacial score (nSPS) is 20.4. The minimum Gasteiger partial charge on any atom is -0.357 e. The summed E-state index contributed by atoms with van der Waals surface area (Å²) in [6.07, 6.45) is 5.39. The molecule has 0 radical (unpaired) electrons. The first-order valence-corrected chi connectivity index (χ1v) is 9.73. The van der Waals surface area contributed by atoms with Crippen LogP contribution in [0.25, 0.3) is 0 Å². The lowest BCUT2D eigenvalue weighted by Gasteiger charge is -2.21. The van der Waals surface area contributed by atoms with E-state index in [1.165, 1.54) is 25.0 Å². The van der Waals surface area contributed by atoms with E-state index in [0.29, 0.717) is 12.5 Å². The van der Waals surface area contributed by atoms with E-state index in [0.717, 1.165) is 50.4 Å². The third-order valence-electron chi connectivity index (χ3n) is 5.20. The molecule has 1 saturated heterocycles. The number of likely N-dealkylation sites (tertiary alicyclic amines) is 1. The van der Waals surface area contributed by atoms with Gasteiger partial charge in [0.25, 0.3) is 0 Å². The van der Waals surface area contributed by atoms with Gasteiger partial charge in [0.05, 0.1) is 6.54 Å². The molecule has 1 aromatic rings. The summed E-state index contributed by atoms with van der Waals surface area (Å²) < 4.78 is 13.3. The maximum atomic E-state index is 13.3. The van der Waals surface area contributed by atoms with Crippen molar-refractivity contribution in [1.82, 2.24) is 15.5 Å². The second-order valence-corrected chi connectivity index (χ2v) is 7.22. The van der Waals surface area contributed by atoms with Crippen molar-refractivity contribution < 1.29 is 9.18 Å². The largest absolute Gasteiger partial charge is 0.357 e. The van der Waals surface area contributed by atoms with Crippen LogP contribution in [0.3, 0.4) is 0 Å². The van der Waals surface area contributed by atoms with E-state index in [2.05, 4.69) is 15.6 Å². The second kappa shape index (κ2) is 10.8. The topological polar surface area (TPSA) is 56.7 Å². The van der Waals surface area contributed by atoms with E-state index >= 15 is 0 Å². The molecule has 1 atom stereocenters. The molecule has 5 nitrogen and oxygen atoms in total. The Labute approximate surface area is 178 Å². The van der Waals surface area contributed by atoms with Crippen LogP contribution in [-0.2, 0) is 11.3 Å². The Bertz CT molecular complexity index is 649. The summed E-state index contributed by atoms with van der Waals surface area (Å²) in [6, 6.07) is 6.72. The molecule has 1 aliphatic heterocycles. The highest BCUT2D eigenvalue weighted by Gasteiger charge is 2.32. The molecule has 1 amide bonds. The number of halogens is 2. The number of carbonyl (C=O) groups is 1. The molecule has 1 heterocycles. The fourth-order valence-electron chi connectivity index (χ4n) is 3.83. The van der Waals surface area contributed by atoms with Crippen LogP contribution in [0.15, 0.2) is 29.3 Å². The van der Waals surface area contributed by atoms with Gasteiger partial charge in [-0.3, -0.25) is 4.79 Å². The van der Waals surface area contributed by atoms with Crippen LogP contribution in [0.1, 0.15) is 44.6 Å².